The molecule has 0 aliphatic heterocycles. The van der Waals surface area contributed by atoms with Gasteiger partial charge in [-0.05, 0) is 19.3 Å². The molecular weight excluding hydrogens is 190 g/mol. The lowest BCUT2D eigenvalue weighted by molar-refractivity contribution is -0.114. The highest BCUT2D eigenvalue weighted by Gasteiger charge is 2.23. The molecule has 3 nitrogen and oxygen atoms in total. The van der Waals surface area contributed by atoms with Gasteiger partial charge in [-0.1, -0.05) is 12.8 Å². The fourth-order valence-corrected chi connectivity index (χ4v) is 2.42. The van der Waals surface area contributed by atoms with E-state index in [9.17, 15) is 9.90 Å². The number of carbonyl (C=O) groups is 1. The molecule has 2 aliphatic carbocycles. The van der Waals surface area contributed by atoms with Crippen LogP contribution >= 0.6 is 0 Å². The number of aliphatic hydroxyl groups excluding tert-OH is 1. The average Bonchev–Trinajstić information content (AvgIpc) is 2.63. The molecule has 84 valence electrons. The van der Waals surface area contributed by atoms with Crippen molar-refractivity contribution < 1.29 is 9.90 Å². The van der Waals surface area contributed by atoms with E-state index in [1.807, 2.05) is 0 Å². The number of aliphatic hydroxyl groups is 1. The molecule has 2 aliphatic rings. The van der Waals surface area contributed by atoms with E-state index in [0.29, 0.717) is 12.3 Å². The summed E-state index contributed by atoms with van der Waals surface area (Å²) in [5.74, 6) is 0.594. The predicted molar refractivity (Wildman–Crippen MR) is 58.3 cm³/mol. The van der Waals surface area contributed by atoms with Crippen molar-refractivity contribution in [2.45, 2.75) is 44.6 Å². The van der Waals surface area contributed by atoms with Crippen LogP contribution < -0.4 is 5.32 Å². The molecule has 0 spiro atoms. The maximum Gasteiger partial charge on any atom is 0.157 e. The standard InChI is InChI=1S/C12H19NO2/c14-11-6-5-10(7-11)13-8-9-3-1-2-4-12(9)15/h7,9,12-13,15H,1-6,8H2. The fourth-order valence-electron chi connectivity index (χ4n) is 2.42. The topological polar surface area (TPSA) is 49.3 Å². The molecule has 0 bridgehead atoms. The SMILES string of the molecule is O=C1C=C(NCC2CCCCC2O)CC1. The first-order chi connectivity index (χ1) is 7.25. The molecule has 0 saturated heterocycles. The second-order valence-electron chi connectivity index (χ2n) is 4.63. The molecule has 0 aromatic rings. The maximum absolute atomic E-state index is 11.0. The van der Waals surface area contributed by atoms with Gasteiger partial charge in [-0.2, -0.15) is 0 Å². The Morgan fingerprint density at radius 1 is 1.33 bits per heavy atom. The van der Waals surface area contributed by atoms with E-state index < -0.39 is 0 Å². The number of nitrogens with one attached hydrogen (secondary N) is 1. The summed E-state index contributed by atoms with van der Waals surface area (Å²) in [4.78, 5) is 11.0. The Morgan fingerprint density at radius 3 is 2.80 bits per heavy atom. The van der Waals surface area contributed by atoms with Gasteiger partial charge in [0.05, 0.1) is 6.10 Å². The Labute approximate surface area is 90.6 Å². The lowest BCUT2D eigenvalue weighted by Gasteiger charge is -2.28. The van der Waals surface area contributed by atoms with Crippen molar-refractivity contribution in [1.82, 2.24) is 5.32 Å². The molecule has 0 amide bonds. The first-order valence-electron chi connectivity index (χ1n) is 5.91. The van der Waals surface area contributed by atoms with Crippen LogP contribution in [-0.2, 0) is 4.79 Å². The van der Waals surface area contributed by atoms with Gasteiger partial charge in [-0.3, -0.25) is 4.79 Å². The van der Waals surface area contributed by atoms with Crippen molar-refractivity contribution in [1.29, 1.82) is 0 Å². The van der Waals surface area contributed by atoms with Crippen molar-refractivity contribution >= 4 is 5.78 Å². The van der Waals surface area contributed by atoms with Crippen LogP contribution in [-0.4, -0.2) is 23.5 Å². The van der Waals surface area contributed by atoms with Crippen LogP contribution in [0.15, 0.2) is 11.8 Å². The van der Waals surface area contributed by atoms with E-state index in [4.69, 9.17) is 0 Å². The highest BCUT2D eigenvalue weighted by Crippen LogP contribution is 2.24. The van der Waals surface area contributed by atoms with Gasteiger partial charge < -0.3 is 10.4 Å². The number of carbonyl (C=O) groups excluding carboxylic acids is 1. The molecular formula is C12H19NO2. The summed E-state index contributed by atoms with van der Waals surface area (Å²) >= 11 is 0. The number of rotatable bonds is 3. The van der Waals surface area contributed by atoms with E-state index >= 15 is 0 Å². The Hall–Kier alpha value is -0.830. The molecule has 3 heteroatoms. The van der Waals surface area contributed by atoms with E-state index in [1.54, 1.807) is 6.08 Å². The summed E-state index contributed by atoms with van der Waals surface area (Å²) in [6, 6.07) is 0. The number of hydrogen-bond acceptors (Lipinski definition) is 3. The van der Waals surface area contributed by atoms with Crippen LogP contribution in [0.1, 0.15) is 38.5 Å². The minimum Gasteiger partial charge on any atom is -0.393 e. The van der Waals surface area contributed by atoms with Gasteiger partial charge in [0, 0.05) is 30.7 Å². The van der Waals surface area contributed by atoms with Crippen molar-refractivity contribution in [2.24, 2.45) is 5.92 Å². The summed E-state index contributed by atoms with van der Waals surface area (Å²) in [5.41, 5.74) is 1.05. The van der Waals surface area contributed by atoms with Crippen molar-refractivity contribution in [2.75, 3.05) is 6.54 Å². The summed E-state index contributed by atoms with van der Waals surface area (Å²) in [6.45, 7) is 0.820. The van der Waals surface area contributed by atoms with Crippen molar-refractivity contribution in [3.8, 4) is 0 Å². The third-order valence-corrected chi connectivity index (χ3v) is 3.44. The first-order valence-corrected chi connectivity index (χ1v) is 5.91. The van der Waals surface area contributed by atoms with E-state index in [0.717, 1.165) is 37.9 Å². The van der Waals surface area contributed by atoms with Crippen LogP contribution in [0.25, 0.3) is 0 Å². The van der Waals surface area contributed by atoms with E-state index in [-0.39, 0.29) is 11.9 Å². The van der Waals surface area contributed by atoms with Gasteiger partial charge in [0.25, 0.3) is 0 Å². The minimum atomic E-state index is -0.149. The molecule has 2 atom stereocenters. The highest BCUT2D eigenvalue weighted by atomic mass is 16.3. The molecule has 2 unspecified atom stereocenters. The van der Waals surface area contributed by atoms with Crippen LogP contribution in [0, 0.1) is 5.92 Å². The fraction of sp³-hybridized carbons (Fsp3) is 0.750. The smallest absolute Gasteiger partial charge is 0.157 e. The summed E-state index contributed by atoms with van der Waals surface area (Å²) in [6.07, 6.45) is 7.47. The van der Waals surface area contributed by atoms with Crippen molar-refractivity contribution in [3.05, 3.63) is 11.8 Å². The molecule has 0 heterocycles. The monoisotopic (exact) mass is 209 g/mol. The number of ketones is 1. The predicted octanol–water partition coefficient (Wildman–Crippen LogP) is 1.37. The second kappa shape index (κ2) is 4.79. The van der Waals surface area contributed by atoms with Gasteiger partial charge in [-0.15, -0.1) is 0 Å². The van der Waals surface area contributed by atoms with Crippen LogP contribution in [0.4, 0.5) is 0 Å². The van der Waals surface area contributed by atoms with Gasteiger partial charge in [-0.25, -0.2) is 0 Å². The average molecular weight is 209 g/mol. The lowest BCUT2D eigenvalue weighted by atomic mass is 9.86. The molecule has 2 N–H and O–H groups in total. The summed E-state index contributed by atoms with van der Waals surface area (Å²) in [5, 5.41) is 13.1. The van der Waals surface area contributed by atoms with Crippen LogP contribution in [0.2, 0.25) is 0 Å². The highest BCUT2D eigenvalue weighted by molar-refractivity contribution is 5.92. The number of allylic oxidation sites excluding steroid dienone is 2. The Kier molecular flexibility index (Phi) is 3.41. The molecule has 1 saturated carbocycles. The third-order valence-electron chi connectivity index (χ3n) is 3.44. The molecule has 0 aromatic heterocycles. The van der Waals surface area contributed by atoms with Gasteiger partial charge >= 0.3 is 0 Å². The first kappa shape index (κ1) is 10.7. The Morgan fingerprint density at radius 2 is 2.13 bits per heavy atom. The molecule has 15 heavy (non-hydrogen) atoms. The zero-order chi connectivity index (χ0) is 10.7. The second-order valence-corrected chi connectivity index (χ2v) is 4.63. The molecule has 0 aromatic carbocycles. The maximum atomic E-state index is 11.0. The quantitative estimate of drug-likeness (QED) is 0.738. The summed E-state index contributed by atoms with van der Waals surface area (Å²) < 4.78 is 0. The van der Waals surface area contributed by atoms with Crippen LogP contribution in [0.3, 0.4) is 0 Å². The van der Waals surface area contributed by atoms with Crippen LogP contribution in [0.5, 0.6) is 0 Å². The van der Waals surface area contributed by atoms with Crippen molar-refractivity contribution in [3.63, 3.8) is 0 Å². The Bertz CT molecular complexity index is 273. The summed E-state index contributed by atoms with van der Waals surface area (Å²) in [7, 11) is 0. The van der Waals surface area contributed by atoms with Gasteiger partial charge in [0.1, 0.15) is 0 Å². The zero-order valence-electron chi connectivity index (χ0n) is 9.04. The van der Waals surface area contributed by atoms with Gasteiger partial charge in [0.2, 0.25) is 0 Å². The normalized spacial score (nSPS) is 31.5. The zero-order valence-corrected chi connectivity index (χ0v) is 9.04. The molecule has 2 rings (SSSR count). The molecule has 0 radical (unpaired) electrons. The van der Waals surface area contributed by atoms with E-state index in [2.05, 4.69) is 5.32 Å². The minimum absolute atomic E-state index is 0.149. The van der Waals surface area contributed by atoms with Gasteiger partial charge in [0.15, 0.2) is 5.78 Å². The Balaban J connectivity index is 1.77. The van der Waals surface area contributed by atoms with E-state index in [1.165, 1.54) is 6.42 Å². The lowest BCUT2D eigenvalue weighted by Crippen LogP contribution is -2.33. The largest absolute Gasteiger partial charge is 0.393 e. The number of hydrogen-bond donors (Lipinski definition) is 2. The molecule has 1 fully saturated rings. The third kappa shape index (κ3) is 2.81.